The number of methoxy groups -OCH3 is 1. The summed E-state index contributed by atoms with van der Waals surface area (Å²) < 4.78 is 5.02. The Labute approximate surface area is 103 Å². The van der Waals surface area contributed by atoms with Gasteiger partial charge in [0.05, 0.1) is 19.5 Å². The predicted octanol–water partition coefficient (Wildman–Crippen LogP) is 1.66. The summed E-state index contributed by atoms with van der Waals surface area (Å²) in [6.45, 7) is 3.80. The number of anilines is 1. The number of hydrogen-bond acceptors (Lipinski definition) is 5. The zero-order chi connectivity index (χ0) is 12.5. The Bertz CT molecular complexity index is 313. The molecule has 0 aliphatic rings. The van der Waals surface area contributed by atoms with E-state index in [0.29, 0.717) is 11.8 Å². The highest BCUT2D eigenvalue weighted by Crippen LogP contribution is 2.13. The van der Waals surface area contributed by atoms with E-state index < -0.39 is 0 Å². The molecule has 0 fully saturated rings. The third-order valence-corrected chi connectivity index (χ3v) is 2.67. The number of nitrogens with zero attached hydrogens (tertiary/aromatic N) is 2. The molecular formula is C12H22N4O. The molecule has 5 heteroatoms. The lowest BCUT2D eigenvalue weighted by Crippen LogP contribution is -2.18. The van der Waals surface area contributed by atoms with Crippen LogP contribution in [0.5, 0.6) is 5.88 Å². The molecule has 0 aliphatic heterocycles. The second kappa shape index (κ2) is 7.84. The second-order valence-electron chi connectivity index (χ2n) is 4.06. The van der Waals surface area contributed by atoms with Gasteiger partial charge >= 0.3 is 0 Å². The minimum atomic E-state index is 0.529. The number of nitrogens with one attached hydrogen (secondary N) is 1. The Balaban J connectivity index is 2.46. The summed E-state index contributed by atoms with van der Waals surface area (Å²) in [6.07, 6.45) is 6.69. The van der Waals surface area contributed by atoms with Crippen molar-refractivity contribution >= 4 is 5.82 Å². The Hall–Kier alpha value is -1.36. The summed E-state index contributed by atoms with van der Waals surface area (Å²) in [5.41, 5.74) is 5.60. The van der Waals surface area contributed by atoms with Crippen molar-refractivity contribution < 1.29 is 4.74 Å². The van der Waals surface area contributed by atoms with E-state index in [-0.39, 0.29) is 0 Å². The molecule has 1 aromatic heterocycles. The SMILES string of the molecule is CCCC(CCN)CNc1cncc(OC)n1. The topological polar surface area (TPSA) is 73.1 Å². The van der Waals surface area contributed by atoms with Gasteiger partial charge in [-0.25, -0.2) is 0 Å². The molecule has 0 radical (unpaired) electrons. The van der Waals surface area contributed by atoms with Crippen molar-refractivity contribution in [2.24, 2.45) is 11.7 Å². The fourth-order valence-electron chi connectivity index (χ4n) is 1.77. The molecule has 1 rings (SSSR count). The predicted molar refractivity (Wildman–Crippen MR) is 69.1 cm³/mol. The maximum absolute atomic E-state index is 5.60. The molecule has 0 bridgehead atoms. The van der Waals surface area contributed by atoms with Gasteiger partial charge in [0.25, 0.3) is 0 Å². The Morgan fingerprint density at radius 1 is 1.41 bits per heavy atom. The van der Waals surface area contributed by atoms with Gasteiger partial charge in [0, 0.05) is 6.54 Å². The van der Waals surface area contributed by atoms with E-state index in [1.54, 1.807) is 19.5 Å². The summed E-state index contributed by atoms with van der Waals surface area (Å²) in [5, 5.41) is 3.28. The van der Waals surface area contributed by atoms with Crippen molar-refractivity contribution in [2.45, 2.75) is 26.2 Å². The normalized spacial score (nSPS) is 12.2. The van der Waals surface area contributed by atoms with Crippen molar-refractivity contribution in [3.05, 3.63) is 12.4 Å². The molecule has 96 valence electrons. The molecule has 1 atom stereocenters. The molecule has 0 aliphatic carbocycles. The average molecular weight is 238 g/mol. The third kappa shape index (κ3) is 4.99. The molecule has 0 aromatic carbocycles. The third-order valence-electron chi connectivity index (χ3n) is 2.67. The summed E-state index contributed by atoms with van der Waals surface area (Å²) in [7, 11) is 1.59. The smallest absolute Gasteiger partial charge is 0.233 e. The van der Waals surface area contributed by atoms with Crippen molar-refractivity contribution in [2.75, 3.05) is 25.5 Å². The second-order valence-corrected chi connectivity index (χ2v) is 4.06. The average Bonchev–Trinajstić information content (AvgIpc) is 2.37. The fraction of sp³-hybridized carbons (Fsp3) is 0.667. The van der Waals surface area contributed by atoms with Crippen LogP contribution in [0.1, 0.15) is 26.2 Å². The van der Waals surface area contributed by atoms with Crippen LogP contribution in [0, 0.1) is 5.92 Å². The highest BCUT2D eigenvalue weighted by molar-refractivity contribution is 5.33. The van der Waals surface area contributed by atoms with Crippen LogP contribution in [0.2, 0.25) is 0 Å². The van der Waals surface area contributed by atoms with E-state index in [1.807, 2.05) is 0 Å². The summed E-state index contributed by atoms with van der Waals surface area (Å²) in [4.78, 5) is 8.31. The minimum Gasteiger partial charge on any atom is -0.480 e. The first-order chi connectivity index (χ1) is 8.30. The maximum atomic E-state index is 5.60. The van der Waals surface area contributed by atoms with E-state index in [9.17, 15) is 0 Å². The lowest BCUT2D eigenvalue weighted by Gasteiger charge is -2.16. The van der Waals surface area contributed by atoms with E-state index >= 15 is 0 Å². The number of aromatic nitrogens is 2. The summed E-state index contributed by atoms with van der Waals surface area (Å²) >= 11 is 0. The van der Waals surface area contributed by atoms with Gasteiger partial charge < -0.3 is 15.8 Å². The van der Waals surface area contributed by atoms with Crippen molar-refractivity contribution in [3.8, 4) is 5.88 Å². The van der Waals surface area contributed by atoms with Gasteiger partial charge in [0.2, 0.25) is 5.88 Å². The maximum Gasteiger partial charge on any atom is 0.233 e. The lowest BCUT2D eigenvalue weighted by molar-refractivity contribution is 0.396. The van der Waals surface area contributed by atoms with Crippen LogP contribution >= 0.6 is 0 Å². The molecule has 0 amide bonds. The number of hydrogen-bond donors (Lipinski definition) is 2. The van der Waals surface area contributed by atoms with E-state index in [4.69, 9.17) is 10.5 Å². The first kappa shape index (κ1) is 13.7. The first-order valence-corrected chi connectivity index (χ1v) is 6.10. The van der Waals surface area contributed by atoms with Gasteiger partial charge in [-0.15, -0.1) is 0 Å². The van der Waals surface area contributed by atoms with Gasteiger partial charge in [0.15, 0.2) is 0 Å². The molecule has 1 heterocycles. The number of nitrogens with two attached hydrogens (primary N) is 1. The Kier molecular flexibility index (Phi) is 6.32. The van der Waals surface area contributed by atoms with Crippen molar-refractivity contribution in [3.63, 3.8) is 0 Å². The van der Waals surface area contributed by atoms with Crippen LogP contribution in [-0.2, 0) is 0 Å². The molecule has 0 saturated carbocycles. The molecule has 3 N–H and O–H groups in total. The summed E-state index contributed by atoms with van der Waals surface area (Å²) in [6, 6.07) is 0. The molecule has 5 nitrogen and oxygen atoms in total. The van der Waals surface area contributed by atoms with Crippen molar-refractivity contribution in [1.29, 1.82) is 0 Å². The van der Waals surface area contributed by atoms with Gasteiger partial charge in [-0.3, -0.25) is 4.98 Å². The zero-order valence-electron chi connectivity index (χ0n) is 10.6. The van der Waals surface area contributed by atoms with Gasteiger partial charge in [-0.2, -0.15) is 4.98 Å². The molecular weight excluding hydrogens is 216 g/mol. The number of ether oxygens (including phenoxy) is 1. The van der Waals surface area contributed by atoms with E-state index in [2.05, 4.69) is 22.2 Å². The molecule has 0 saturated heterocycles. The van der Waals surface area contributed by atoms with Gasteiger partial charge in [0.1, 0.15) is 5.82 Å². The first-order valence-electron chi connectivity index (χ1n) is 6.10. The molecule has 17 heavy (non-hydrogen) atoms. The largest absolute Gasteiger partial charge is 0.480 e. The van der Waals surface area contributed by atoms with E-state index in [1.165, 1.54) is 12.8 Å². The van der Waals surface area contributed by atoms with Crippen LogP contribution in [0.25, 0.3) is 0 Å². The van der Waals surface area contributed by atoms with Crippen LogP contribution < -0.4 is 15.8 Å². The molecule has 0 spiro atoms. The lowest BCUT2D eigenvalue weighted by atomic mass is 10.00. The highest BCUT2D eigenvalue weighted by Gasteiger charge is 2.07. The van der Waals surface area contributed by atoms with Crippen LogP contribution in [0.4, 0.5) is 5.82 Å². The Morgan fingerprint density at radius 3 is 2.88 bits per heavy atom. The zero-order valence-corrected chi connectivity index (χ0v) is 10.6. The standard InChI is InChI=1S/C12H22N4O/c1-3-4-10(5-6-13)7-15-11-8-14-9-12(16-11)17-2/h8-10H,3-7,13H2,1-2H3,(H,15,16). The van der Waals surface area contributed by atoms with Crippen molar-refractivity contribution in [1.82, 2.24) is 9.97 Å². The Morgan fingerprint density at radius 2 is 2.24 bits per heavy atom. The molecule has 1 aromatic rings. The number of rotatable bonds is 8. The monoisotopic (exact) mass is 238 g/mol. The highest BCUT2D eigenvalue weighted by atomic mass is 16.5. The van der Waals surface area contributed by atoms with Gasteiger partial charge in [-0.1, -0.05) is 13.3 Å². The summed E-state index contributed by atoms with van der Waals surface area (Å²) in [5.74, 6) is 1.88. The van der Waals surface area contributed by atoms with Crippen LogP contribution in [0.3, 0.4) is 0 Å². The van der Waals surface area contributed by atoms with E-state index in [0.717, 1.165) is 25.3 Å². The fourth-order valence-corrected chi connectivity index (χ4v) is 1.77. The van der Waals surface area contributed by atoms with Crippen LogP contribution in [-0.4, -0.2) is 30.2 Å². The minimum absolute atomic E-state index is 0.529. The molecule has 1 unspecified atom stereocenters. The van der Waals surface area contributed by atoms with Crippen LogP contribution in [0.15, 0.2) is 12.4 Å². The quantitative estimate of drug-likeness (QED) is 0.720. The van der Waals surface area contributed by atoms with Gasteiger partial charge in [-0.05, 0) is 25.3 Å².